The number of hydrogen-bond donors (Lipinski definition) is 5. The van der Waals surface area contributed by atoms with Crippen LogP contribution in [0.15, 0.2) is 36.5 Å². The maximum atomic E-state index is 12.6. The maximum Gasteiger partial charge on any atom is 0.249 e. The second-order valence-corrected chi connectivity index (χ2v) is 20.0. The number of hydrogen-bond acceptors (Lipinski definition) is 5. The van der Waals surface area contributed by atoms with Gasteiger partial charge >= 0.3 is 0 Å². The number of rotatable bonds is 53. The fraction of sp³-hybridized carbons (Fsp3) is 0.881. The second-order valence-electron chi connectivity index (χ2n) is 20.0. The molecular weight excluding hydrogens is 803 g/mol. The van der Waals surface area contributed by atoms with Crippen molar-refractivity contribution >= 4 is 5.91 Å². The first-order valence-electron chi connectivity index (χ1n) is 28.9. The van der Waals surface area contributed by atoms with E-state index in [-0.39, 0.29) is 0 Å². The molecule has 0 saturated carbocycles. The van der Waals surface area contributed by atoms with Crippen molar-refractivity contribution in [3.05, 3.63) is 36.5 Å². The zero-order chi connectivity index (χ0) is 47.4. The summed E-state index contributed by atoms with van der Waals surface area (Å²) in [6.45, 7) is 4.06. The molecule has 4 atom stereocenters. The van der Waals surface area contributed by atoms with Crippen LogP contribution in [0, 0.1) is 0 Å². The lowest BCUT2D eigenvalue weighted by Gasteiger charge is -2.27. The Morgan fingerprint density at radius 2 is 0.646 bits per heavy atom. The van der Waals surface area contributed by atoms with Gasteiger partial charge in [-0.2, -0.15) is 0 Å². The number of aliphatic hydroxyl groups excluding tert-OH is 4. The van der Waals surface area contributed by atoms with Gasteiger partial charge < -0.3 is 25.7 Å². The quantitative estimate of drug-likeness (QED) is 0.0308. The standard InChI is InChI=1S/C59H113NO5/c1-3-5-7-9-11-13-15-17-19-21-23-24-25-26-27-28-29-30-31-32-33-34-35-37-38-40-42-44-46-48-50-52-56(62)58(64)55(54-61)60-59(65)57(63)53-51-49-47-45-43-41-39-36-22-20-18-16-14-12-10-8-6-4-2/h22,36-38,44,46,55-58,61-64H,3-21,23-35,39-43,45,47-54H2,1-2H3,(H,60,65)/b36-22-,38-37+,46-44+. The summed E-state index contributed by atoms with van der Waals surface area (Å²) in [5, 5.41) is 43.9. The minimum atomic E-state index is -1.29. The van der Waals surface area contributed by atoms with Crippen LogP contribution in [0.3, 0.4) is 0 Å². The van der Waals surface area contributed by atoms with Gasteiger partial charge in [-0.1, -0.05) is 262 Å². The van der Waals surface area contributed by atoms with Crippen molar-refractivity contribution in [2.75, 3.05) is 6.61 Å². The predicted molar refractivity (Wildman–Crippen MR) is 284 cm³/mol. The van der Waals surface area contributed by atoms with Gasteiger partial charge in [0.25, 0.3) is 0 Å². The van der Waals surface area contributed by atoms with Gasteiger partial charge in [0.05, 0.1) is 18.8 Å². The van der Waals surface area contributed by atoms with Crippen LogP contribution in [0.4, 0.5) is 0 Å². The van der Waals surface area contributed by atoms with E-state index in [4.69, 9.17) is 0 Å². The summed E-state index contributed by atoms with van der Waals surface area (Å²) in [6.07, 6.45) is 66.6. The monoisotopic (exact) mass is 916 g/mol. The minimum absolute atomic E-state index is 0.353. The zero-order valence-electron chi connectivity index (χ0n) is 43.5. The molecule has 0 bridgehead atoms. The van der Waals surface area contributed by atoms with Crippen LogP contribution in [-0.2, 0) is 4.79 Å². The van der Waals surface area contributed by atoms with Gasteiger partial charge in [-0.25, -0.2) is 0 Å². The molecule has 0 fully saturated rings. The van der Waals surface area contributed by atoms with E-state index in [2.05, 4.69) is 55.6 Å². The highest BCUT2D eigenvalue weighted by atomic mass is 16.3. The van der Waals surface area contributed by atoms with Crippen LogP contribution in [0.1, 0.15) is 303 Å². The van der Waals surface area contributed by atoms with Gasteiger partial charge in [-0.15, -0.1) is 0 Å². The van der Waals surface area contributed by atoms with Crippen molar-refractivity contribution in [3.63, 3.8) is 0 Å². The topological polar surface area (TPSA) is 110 Å². The first-order valence-corrected chi connectivity index (χ1v) is 28.9. The molecule has 0 aliphatic rings. The molecule has 0 aromatic carbocycles. The summed E-state index contributed by atoms with van der Waals surface area (Å²) >= 11 is 0. The average Bonchev–Trinajstić information content (AvgIpc) is 3.31. The lowest BCUT2D eigenvalue weighted by Crippen LogP contribution is -2.53. The molecule has 6 heteroatoms. The number of amides is 1. The van der Waals surface area contributed by atoms with E-state index in [0.29, 0.717) is 19.3 Å². The largest absolute Gasteiger partial charge is 0.394 e. The Labute approximate surface area is 405 Å². The second kappa shape index (κ2) is 53.5. The van der Waals surface area contributed by atoms with E-state index in [1.807, 2.05) is 0 Å². The van der Waals surface area contributed by atoms with Gasteiger partial charge in [0, 0.05) is 0 Å². The van der Waals surface area contributed by atoms with Crippen LogP contribution < -0.4 is 5.32 Å². The molecule has 384 valence electrons. The highest BCUT2D eigenvalue weighted by Crippen LogP contribution is 2.17. The lowest BCUT2D eigenvalue weighted by molar-refractivity contribution is -0.132. The Hall–Kier alpha value is -1.47. The first kappa shape index (κ1) is 63.5. The molecule has 0 spiro atoms. The van der Waals surface area contributed by atoms with Crippen molar-refractivity contribution in [3.8, 4) is 0 Å². The van der Waals surface area contributed by atoms with E-state index in [1.165, 1.54) is 218 Å². The van der Waals surface area contributed by atoms with Crippen molar-refractivity contribution in [2.45, 2.75) is 327 Å². The molecule has 0 radical (unpaired) electrons. The number of allylic oxidation sites excluding steroid dienone is 6. The van der Waals surface area contributed by atoms with Crippen molar-refractivity contribution in [1.29, 1.82) is 0 Å². The molecule has 6 nitrogen and oxygen atoms in total. The minimum Gasteiger partial charge on any atom is -0.394 e. The Bertz CT molecular complexity index is 1030. The van der Waals surface area contributed by atoms with Gasteiger partial charge in [0.15, 0.2) is 0 Å². The summed E-state index contributed by atoms with van der Waals surface area (Å²) in [5.41, 5.74) is 0. The van der Waals surface area contributed by atoms with Crippen molar-refractivity contribution < 1.29 is 25.2 Å². The summed E-state index contributed by atoms with van der Waals surface area (Å²) in [5.74, 6) is -0.600. The normalized spacial score (nSPS) is 14.0. The third-order valence-corrected chi connectivity index (χ3v) is 13.6. The van der Waals surface area contributed by atoms with Crippen molar-refractivity contribution in [2.24, 2.45) is 0 Å². The van der Waals surface area contributed by atoms with E-state index < -0.39 is 36.9 Å². The number of carbonyl (C=O) groups is 1. The molecule has 65 heavy (non-hydrogen) atoms. The first-order chi connectivity index (χ1) is 32.0. The lowest BCUT2D eigenvalue weighted by atomic mass is 10.00. The molecule has 0 aromatic rings. The third kappa shape index (κ3) is 47.4. The third-order valence-electron chi connectivity index (χ3n) is 13.6. The summed E-state index contributed by atoms with van der Waals surface area (Å²) in [6, 6.07) is -1.01. The van der Waals surface area contributed by atoms with E-state index in [0.717, 1.165) is 51.4 Å². The highest BCUT2D eigenvalue weighted by molar-refractivity contribution is 5.80. The van der Waals surface area contributed by atoms with Gasteiger partial charge in [-0.05, 0) is 77.0 Å². The smallest absolute Gasteiger partial charge is 0.249 e. The number of nitrogens with one attached hydrogen (secondary N) is 1. The molecule has 0 aliphatic heterocycles. The fourth-order valence-electron chi connectivity index (χ4n) is 9.01. The Morgan fingerprint density at radius 1 is 0.369 bits per heavy atom. The van der Waals surface area contributed by atoms with Crippen LogP contribution in [0.2, 0.25) is 0 Å². The number of aliphatic hydroxyl groups is 4. The maximum absolute atomic E-state index is 12.6. The average molecular weight is 917 g/mol. The Balaban J connectivity index is 3.66. The summed E-state index contributed by atoms with van der Waals surface area (Å²) in [7, 11) is 0. The van der Waals surface area contributed by atoms with Crippen LogP contribution in [-0.4, -0.2) is 57.3 Å². The number of carbonyl (C=O) groups excluding carboxylic acids is 1. The Kier molecular flexibility index (Phi) is 52.3. The van der Waals surface area contributed by atoms with E-state index >= 15 is 0 Å². The molecule has 0 saturated heterocycles. The summed E-state index contributed by atoms with van der Waals surface area (Å²) < 4.78 is 0. The molecule has 1 amide bonds. The predicted octanol–water partition coefficient (Wildman–Crippen LogP) is 16.8. The van der Waals surface area contributed by atoms with Crippen LogP contribution in [0.25, 0.3) is 0 Å². The molecule has 0 aliphatic carbocycles. The molecule has 4 unspecified atom stereocenters. The van der Waals surface area contributed by atoms with E-state index in [1.54, 1.807) is 0 Å². The molecular formula is C59H113NO5. The van der Waals surface area contributed by atoms with Gasteiger partial charge in [0.1, 0.15) is 12.2 Å². The molecule has 0 aromatic heterocycles. The van der Waals surface area contributed by atoms with Crippen molar-refractivity contribution in [1.82, 2.24) is 5.32 Å². The van der Waals surface area contributed by atoms with Gasteiger partial charge in [-0.3, -0.25) is 4.79 Å². The Morgan fingerprint density at radius 3 is 0.969 bits per heavy atom. The fourth-order valence-corrected chi connectivity index (χ4v) is 9.01. The zero-order valence-corrected chi connectivity index (χ0v) is 43.5. The highest BCUT2D eigenvalue weighted by Gasteiger charge is 2.28. The van der Waals surface area contributed by atoms with Gasteiger partial charge in [0.2, 0.25) is 5.91 Å². The SMILES string of the molecule is CCCCCCCCCC/C=C\CCCCCCCCC(O)C(=O)NC(CO)C(O)C(O)CCC/C=C/CC/C=C/CCCCCCCCCCCCCCCCCCCCCCCC. The van der Waals surface area contributed by atoms with E-state index in [9.17, 15) is 25.2 Å². The van der Waals surface area contributed by atoms with Crippen LogP contribution >= 0.6 is 0 Å². The van der Waals surface area contributed by atoms with Crippen LogP contribution in [0.5, 0.6) is 0 Å². The molecule has 0 heterocycles. The number of unbranched alkanes of at least 4 members (excludes halogenated alkanes) is 38. The summed E-state index contributed by atoms with van der Waals surface area (Å²) in [4.78, 5) is 12.6. The molecule has 5 N–H and O–H groups in total. The molecule has 0 rings (SSSR count).